The van der Waals surface area contributed by atoms with E-state index in [0.717, 1.165) is 25.0 Å². The lowest BCUT2D eigenvalue weighted by atomic mass is 10.00. The van der Waals surface area contributed by atoms with Crippen molar-refractivity contribution < 1.29 is 27.2 Å². The molecule has 166 valence electrons. The molecule has 1 fully saturated rings. The molecule has 1 aromatic carbocycles. The molecule has 1 aliphatic heterocycles. The molecule has 0 radical (unpaired) electrons. The summed E-state index contributed by atoms with van der Waals surface area (Å²) in [6, 6.07) is 3.61. The Labute approximate surface area is 180 Å². The molecule has 1 aliphatic carbocycles. The summed E-state index contributed by atoms with van der Waals surface area (Å²) in [7, 11) is 0. The van der Waals surface area contributed by atoms with Crippen LogP contribution in [0.4, 0.5) is 23.2 Å². The summed E-state index contributed by atoms with van der Waals surface area (Å²) >= 11 is 0. The largest absolute Gasteiger partial charge is 0.416 e. The van der Waals surface area contributed by atoms with Crippen molar-refractivity contribution >= 4 is 23.3 Å². The molecule has 1 unspecified atom stereocenters. The number of amidine groups is 1. The molecule has 2 aromatic rings. The number of halogens is 4. The van der Waals surface area contributed by atoms with Gasteiger partial charge in [-0.15, -0.1) is 0 Å². The first kappa shape index (κ1) is 21.7. The molecular weight excluding hydrogens is 428 g/mol. The van der Waals surface area contributed by atoms with Crippen molar-refractivity contribution in [1.82, 2.24) is 10.3 Å². The van der Waals surface area contributed by atoms with Gasteiger partial charge in [0.1, 0.15) is 11.7 Å². The van der Waals surface area contributed by atoms with Crippen LogP contribution in [0.1, 0.15) is 24.8 Å². The zero-order chi connectivity index (χ0) is 22.9. The van der Waals surface area contributed by atoms with Crippen LogP contribution in [0.25, 0.3) is 11.1 Å². The van der Waals surface area contributed by atoms with Gasteiger partial charge in [0, 0.05) is 35.9 Å². The van der Waals surface area contributed by atoms with Crippen LogP contribution in [0, 0.1) is 17.7 Å². The van der Waals surface area contributed by atoms with Crippen LogP contribution in [-0.2, 0) is 15.8 Å². The van der Waals surface area contributed by atoms with Gasteiger partial charge < -0.3 is 10.6 Å². The van der Waals surface area contributed by atoms with Crippen molar-refractivity contribution in [2.24, 2.45) is 16.8 Å². The van der Waals surface area contributed by atoms with Crippen molar-refractivity contribution in [1.29, 1.82) is 0 Å². The lowest BCUT2D eigenvalue weighted by molar-refractivity contribution is -0.137. The minimum Gasteiger partial charge on any atom is -0.324 e. The smallest absolute Gasteiger partial charge is 0.324 e. The van der Waals surface area contributed by atoms with Crippen LogP contribution in [0.5, 0.6) is 0 Å². The van der Waals surface area contributed by atoms with Crippen LogP contribution in [0.2, 0.25) is 0 Å². The van der Waals surface area contributed by atoms with Crippen molar-refractivity contribution in [3.8, 4) is 11.1 Å². The summed E-state index contributed by atoms with van der Waals surface area (Å²) in [4.78, 5) is 32.7. The second kappa shape index (κ2) is 8.52. The number of aromatic nitrogens is 1. The van der Waals surface area contributed by atoms with E-state index < -0.39 is 29.4 Å². The predicted octanol–water partition coefficient (Wildman–Crippen LogP) is 4.30. The highest BCUT2D eigenvalue weighted by Gasteiger charge is 2.32. The highest BCUT2D eigenvalue weighted by atomic mass is 19.4. The van der Waals surface area contributed by atoms with Gasteiger partial charge in [-0.05, 0) is 31.0 Å². The van der Waals surface area contributed by atoms with Crippen LogP contribution < -0.4 is 10.6 Å². The van der Waals surface area contributed by atoms with Gasteiger partial charge in [-0.1, -0.05) is 12.1 Å². The van der Waals surface area contributed by atoms with Gasteiger partial charge in [0.05, 0.1) is 23.4 Å². The number of rotatable bonds is 4. The van der Waals surface area contributed by atoms with E-state index in [1.807, 2.05) is 0 Å². The number of aliphatic imine (C=N–C) groups is 1. The zero-order valence-electron chi connectivity index (χ0n) is 16.6. The van der Waals surface area contributed by atoms with Crippen molar-refractivity contribution in [2.75, 3.05) is 5.32 Å². The molecule has 1 saturated carbocycles. The number of carbonyl (C=O) groups excluding carboxylic acids is 2. The molecule has 1 atom stereocenters. The van der Waals surface area contributed by atoms with Gasteiger partial charge in [-0.2, -0.15) is 13.2 Å². The van der Waals surface area contributed by atoms with Gasteiger partial charge in [0.25, 0.3) is 0 Å². The van der Waals surface area contributed by atoms with Gasteiger partial charge >= 0.3 is 6.18 Å². The third kappa shape index (κ3) is 4.84. The number of benzene rings is 1. The molecule has 32 heavy (non-hydrogen) atoms. The summed E-state index contributed by atoms with van der Waals surface area (Å²) in [5, 5.41) is 5.37. The van der Waals surface area contributed by atoms with Gasteiger partial charge in [0.2, 0.25) is 11.8 Å². The van der Waals surface area contributed by atoms with E-state index in [1.54, 1.807) is 6.08 Å². The third-order valence-corrected chi connectivity index (χ3v) is 5.18. The Morgan fingerprint density at radius 2 is 1.81 bits per heavy atom. The SMILES string of the molecule is O=C(Nc1cnccc1-c1ccc(C(F)(F)F)cc1F)C1C=CN=C(NC(=O)C2CC2)C1. The minimum absolute atomic E-state index is 0.00698. The van der Waals surface area contributed by atoms with E-state index in [2.05, 4.69) is 20.6 Å². The fraction of sp³-hybridized carbons (Fsp3) is 0.273. The van der Waals surface area contributed by atoms with Crippen molar-refractivity contribution in [3.63, 3.8) is 0 Å². The first-order valence-corrected chi connectivity index (χ1v) is 9.88. The zero-order valence-corrected chi connectivity index (χ0v) is 16.6. The topological polar surface area (TPSA) is 83.4 Å². The van der Waals surface area contributed by atoms with E-state index in [-0.39, 0.29) is 35.1 Å². The fourth-order valence-corrected chi connectivity index (χ4v) is 3.28. The third-order valence-electron chi connectivity index (χ3n) is 5.18. The Morgan fingerprint density at radius 3 is 2.50 bits per heavy atom. The van der Waals surface area contributed by atoms with Gasteiger partial charge in [-0.3, -0.25) is 14.6 Å². The molecule has 2 heterocycles. The molecule has 0 spiro atoms. The van der Waals surface area contributed by atoms with Crippen molar-refractivity contribution in [3.05, 3.63) is 60.3 Å². The maximum Gasteiger partial charge on any atom is 0.416 e. The van der Waals surface area contributed by atoms with Crippen molar-refractivity contribution in [2.45, 2.75) is 25.4 Å². The molecule has 2 N–H and O–H groups in total. The predicted molar refractivity (Wildman–Crippen MR) is 109 cm³/mol. The highest BCUT2D eigenvalue weighted by molar-refractivity contribution is 6.04. The normalized spacial score (nSPS) is 18.1. The molecule has 2 aliphatic rings. The molecular formula is C22H18F4N4O2. The average molecular weight is 446 g/mol. The Kier molecular flexibility index (Phi) is 5.77. The molecule has 10 heteroatoms. The van der Waals surface area contributed by atoms with E-state index >= 15 is 0 Å². The summed E-state index contributed by atoms with van der Waals surface area (Å²) in [5.74, 6) is -1.91. The lowest BCUT2D eigenvalue weighted by Crippen LogP contribution is -2.36. The Balaban J connectivity index is 1.50. The summed E-state index contributed by atoms with van der Waals surface area (Å²) in [5.41, 5.74) is -0.870. The first-order valence-electron chi connectivity index (χ1n) is 9.88. The number of anilines is 1. The number of hydrogen-bond donors (Lipinski definition) is 2. The first-order chi connectivity index (χ1) is 15.2. The lowest BCUT2D eigenvalue weighted by Gasteiger charge is -2.19. The summed E-state index contributed by atoms with van der Waals surface area (Å²) in [6.07, 6.45) is 2.81. The Hall–Kier alpha value is -3.56. The van der Waals surface area contributed by atoms with Crippen LogP contribution in [0.3, 0.4) is 0 Å². The van der Waals surface area contributed by atoms with E-state index in [9.17, 15) is 27.2 Å². The summed E-state index contributed by atoms with van der Waals surface area (Å²) in [6.45, 7) is 0. The Morgan fingerprint density at radius 1 is 1.03 bits per heavy atom. The second-order valence-corrected chi connectivity index (χ2v) is 7.59. The van der Waals surface area contributed by atoms with E-state index in [4.69, 9.17) is 0 Å². The van der Waals surface area contributed by atoms with Crippen LogP contribution in [-0.4, -0.2) is 22.6 Å². The fourth-order valence-electron chi connectivity index (χ4n) is 3.28. The highest BCUT2D eigenvalue weighted by Crippen LogP contribution is 2.35. The van der Waals surface area contributed by atoms with E-state index in [1.165, 1.54) is 24.7 Å². The molecule has 6 nitrogen and oxygen atoms in total. The maximum absolute atomic E-state index is 14.5. The average Bonchev–Trinajstić information content (AvgIpc) is 3.59. The monoisotopic (exact) mass is 446 g/mol. The quantitative estimate of drug-likeness (QED) is 0.687. The number of amides is 2. The van der Waals surface area contributed by atoms with Crippen LogP contribution >= 0.6 is 0 Å². The molecule has 0 saturated heterocycles. The van der Waals surface area contributed by atoms with E-state index in [0.29, 0.717) is 11.9 Å². The maximum atomic E-state index is 14.5. The van der Waals surface area contributed by atoms with Gasteiger partial charge in [0.15, 0.2) is 0 Å². The second-order valence-electron chi connectivity index (χ2n) is 7.59. The number of alkyl halides is 3. The molecule has 4 rings (SSSR count). The molecule has 1 aromatic heterocycles. The number of hydrogen-bond acceptors (Lipinski definition) is 4. The number of pyridine rings is 1. The molecule has 0 bridgehead atoms. The number of nitrogens with one attached hydrogen (secondary N) is 2. The number of nitrogens with zero attached hydrogens (tertiary/aromatic N) is 2. The summed E-state index contributed by atoms with van der Waals surface area (Å²) < 4.78 is 53.0. The minimum atomic E-state index is -4.67. The Bertz CT molecular complexity index is 1120. The van der Waals surface area contributed by atoms with Crippen LogP contribution in [0.15, 0.2) is 53.9 Å². The standard InChI is InChI=1S/C22H18F4N4O2/c23-17-10-14(22(24,25)26)3-4-15(17)16-6-7-27-11-18(16)29-21(32)13-5-8-28-19(9-13)30-20(31)12-1-2-12/h3-8,10-13H,1-2,9H2,(H,29,32)(H,28,30,31). The molecule has 2 amide bonds. The number of carbonyl (C=O) groups is 2. The van der Waals surface area contributed by atoms with Gasteiger partial charge in [-0.25, -0.2) is 9.38 Å².